The molecule has 1 spiro atoms. The Kier molecular flexibility index (Phi) is 3.62. The van der Waals surface area contributed by atoms with Gasteiger partial charge in [0.15, 0.2) is 5.78 Å². The highest BCUT2D eigenvalue weighted by molar-refractivity contribution is 9.10. The lowest BCUT2D eigenvalue weighted by atomic mass is 9.83. The molecule has 0 atom stereocenters. The highest BCUT2D eigenvalue weighted by Crippen LogP contribution is 2.40. The van der Waals surface area contributed by atoms with E-state index in [1.165, 1.54) is 10.6 Å². The van der Waals surface area contributed by atoms with Crippen LogP contribution in [0.25, 0.3) is 0 Å². The number of nitrogens with zero attached hydrogens (tertiary/aromatic N) is 1. The number of Topliss-reactive ketones (excluding diaryl/α,β-unsaturated/α-hetero) is 1. The van der Waals surface area contributed by atoms with Crippen LogP contribution in [-0.2, 0) is 10.0 Å². The molecule has 0 bridgehead atoms. The Hall–Kier alpha value is -0.920. The molecule has 3 rings (SSSR count). The molecule has 7 heteroatoms. The van der Waals surface area contributed by atoms with Gasteiger partial charge in [-0.1, -0.05) is 15.9 Å². The van der Waals surface area contributed by atoms with Crippen LogP contribution in [0.1, 0.15) is 29.6 Å². The van der Waals surface area contributed by atoms with Crippen LogP contribution in [0.2, 0.25) is 0 Å². The van der Waals surface area contributed by atoms with Gasteiger partial charge in [0.05, 0.1) is 18.2 Å². The maximum atomic E-state index is 12.4. The van der Waals surface area contributed by atoms with Crippen LogP contribution >= 0.6 is 15.9 Å². The molecule has 0 amide bonds. The fraction of sp³-hybridized carbons (Fsp3) is 0.500. The molecule has 0 radical (unpaired) electrons. The third-order valence-electron chi connectivity index (χ3n) is 4.15. The first kappa shape index (κ1) is 15.0. The molecule has 114 valence electrons. The zero-order valence-corrected chi connectivity index (χ0v) is 14.0. The van der Waals surface area contributed by atoms with E-state index in [9.17, 15) is 13.2 Å². The predicted molar refractivity (Wildman–Crippen MR) is 82.1 cm³/mol. The predicted octanol–water partition coefficient (Wildman–Crippen LogP) is 2.21. The zero-order chi connectivity index (χ0) is 15.3. The molecule has 1 aromatic rings. The van der Waals surface area contributed by atoms with Crippen molar-refractivity contribution in [2.45, 2.75) is 24.9 Å². The van der Waals surface area contributed by atoms with E-state index in [0.717, 1.165) is 4.47 Å². The van der Waals surface area contributed by atoms with Gasteiger partial charge in [-0.25, -0.2) is 12.7 Å². The second kappa shape index (κ2) is 5.07. The molecule has 21 heavy (non-hydrogen) atoms. The summed E-state index contributed by atoms with van der Waals surface area (Å²) in [6.07, 6.45) is 2.61. The van der Waals surface area contributed by atoms with Crippen molar-refractivity contribution in [2.75, 3.05) is 19.3 Å². The second-order valence-corrected chi connectivity index (χ2v) is 8.59. The van der Waals surface area contributed by atoms with Crippen LogP contribution in [0.3, 0.4) is 0 Å². The number of benzene rings is 1. The van der Waals surface area contributed by atoms with E-state index in [4.69, 9.17) is 4.74 Å². The lowest BCUT2D eigenvalue weighted by Gasteiger charge is -2.43. The SMILES string of the molecule is CS(=O)(=O)N1CCC2(CC1)CC(=O)c1cc(Br)ccc1O2. The van der Waals surface area contributed by atoms with E-state index in [-0.39, 0.29) is 5.78 Å². The first-order valence-corrected chi connectivity index (χ1v) is 9.40. The van der Waals surface area contributed by atoms with Crippen molar-refractivity contribution < 1.29 is 17.9 Å². The molecule has 5 nitrogen and oxygen atoms in total. The van der Waals surface area contributed by atoms with E-state index in [1.54, 1.807) is 12.1 Å². The van der Waals surface area contributed by atoms with Crippen molar-refractivity contribution in [3.05, 3.63) is 28.2 Å². The number of carbonyl (C=O) groups excluding carboxylic acids is 1. The number of carbonyl (C=O) groups is 1. The van der Waals surface area contributed by atoms with E-state index in [2.05, 4.69) is 15.9 Å². The molecule has 2 aliphatic heterocycles. The van der Waals surface area contributed by atoms with Crippen molar-refractivity contribution in [3.8, 4) is 5.75 Å². The van der Waals surface area contributed by atoms with Crippen LogP contribution in [0.5, 0.6) is 5.75 Å². The Balaban J connectivity index is 1.84. The van der Waals surface area contributed by atoms with Crippen LogP contribution < -0.4 is 4.74 Å². The third kappa shape index (κ3) is 2.86. The Morgan fingerprint density at radius 3 is 2.57 bits per heavy atom. The van der Waals surface area contributed by atoms with Gasteiger partial charge in [0.2, 0.25) is 10.0 Å². The highest BCUT2D eigenvalue weighted by atomic mass is 79.9. The number of ether oxygens (including phenoxy) is 1. The number of halogens is 1. The minimum atomic E-state index is -3.17. The molecule has 0 aliphatic carbocycles. The average molecular weight is 374 g/mol. The minimum Gasteiger partial charge on any atom is -0.486 e. The quantitative estimate of drug-likeness (QED) is 0.756. The molecule has 2 heterocycles. The molecule has 1 saturated heterocycles. The lowest BCUT2D eigenvalue weighted by Crippen LogP contribution is -2.52. The molecule has 0 saturated carbocycles. The molecule has 1 aromatic carbocycles. The Bertz CT molecular complexity index is 693. The van der Waals surface area contributed by atoms with Crippen LogP contribution in [0.15, 0.2) is 22.7 Å². The maximum Gasteiger partial charge on any atom is 0.211 e. The normalized spacial score (nSPS) is 21.9. The van der Waals surface area contributed by atoms with Gasteiger partial charge in [-0.05, 0) is 18.2 Å². The fourth-order valence-corrected chi connectivity index (χ4v) is 4.18. The number of rotatable bonds is 1. The van der Waals surface area contributed by atoms with E-state index in [0.29, 0.717) is 43.7 Å². The number of ketones is 1. The first-order valence-electron chi connectivity index (χ1n) is 6.76. The zero-order valence-electron chi connectivity index (χ0n) is 11.6. The van der Waals surface area contributed by atoms with Gasteiger partial charge >= 0.3 is 0 Å². The second-order valence-electron chi connectivity index (χ2n) is 5.69. The molecular weight excluding hydrogens is 358 g/mol. The van der Waals surface area contributed by atoms with Gasteiger partial charge in [0.25, 0.3) is 0 Å². The van der Waals surface area contributed by atoms with Gasteiger partial charge in [-0.2, -0.15) is 0 Å². The van der Waals surface area contributed by atoms with Gasteiger partial charge in [-0.3, -0.25) is 4.79 Å². The molecule has 0 N–H and O–H groups in total. The summed E-state index contributed by atoms with van der Waals surface area (Å²) < 4.78 is 31.5. The first-order chi connectivity index (χ1) is 9.79. The molecule has 0 aromatic heterocycles. The summed E-state index contributed by atoms with van der Waals surface area (Å²) >= 11 is 3.35. The topological polar surface area (TPSA) is 63.7 Å². The Morgan fingerprint density at radius 2 is 1.95 bits per heavy atom. The number of hydrogen-bond acceptors (Lipinski definition) is 4. The Labute approximate surface area is 132 Å². The summed E-state index contributed by atoms with van der Waals surface area (Å²) in [7, 11) is -3.17. The summed E-state index contributed by atoms with van der Waals surface area (Å²) in [6, 6.07) is 5.41. The van der Waals surface area contributed by atoms with Crippen molar-refractivity contribution in [1.82, 2.24) is 4.31 Å². The fourth-order valence-electron chi connectivity index (χ4n) is 2.97. The monoisotopic (exact) mass is 373 g/mol. The summed E-state index contributed by atoms with van der Waals surface area (Å²) in [5.74, 6) is 0.660. The maximum absolute atomic E-state index is 12.4. The van der Waals surface area contributed by atoms with E-state index in [1.807, 2.05) is 6.07 Å². The van der Waals surface area contributed by atoms with Gasteiger partial charge in [0, 0.05) is 30.4 Å². The van der Waals surface area contributed by atoms with Crippen molar-refractivity contribution in [2.24, 2.45) is 0 Å². The standard InChI is InChI=1S/C14H16BrNO4S/c1-21(18,19)16-6-4-14(5-7-16)9-12(17)11-8-10(15)2-3-13(11)20-14/h2-3,8H,4-7,9H2,1H3. The Morgan fingerprint density at radius 1 is 1.29 bits per heavy atom. The molecule has 2 aliphatic rings. The highest BCUT2D eigenvalue weighted by Gasteiger charge is 2.44. The molecule has 0 unspecified atom stereocenters. The smallest absolute Gasteiger partial charge is 0.211 e. The van der Waals surface area contributed by atoms with Crippen LogP contribution in [0.4, 0.5) is 0 Å². The molecular formula is C14H16BrNO4S. The lowest BCUT2D eigenvalue weighted by molar-refractivity contribution is 0.00600. The summed E-state index contributed by atoms with van der Waals surface area (Å²) in [4.78, 5) is 12.4. The summed E-state index contributed by atoms with van der Waals surface area (Å²) in [6.45, 7) is 0.802. The average Bonchev–Trinajstić information content (AvgIpc) is 2.39. The number of hydrogen-bond donors (Lipinski definition) is 0. The van der Waals surface area contributed by atoms with Crippen LogP contribution in [-0.4, -0.2) is 43.5 Å². The summed E-state index contributed by atoms with van der Waals surface area (Å²) in [5.41, 5.74) is 0.0413. The minimum absolute atomic E-state index is 0.0605. The summed E-state index contributed by atoms with van der Waals surface area (Å²) in [5, 5.41) is 0. The largest absolute Gasteiger partial charge is 0.486 e. The van der Waals surface area contributed by atoms with Gasteiger partial charge < -0.3 is 4.74 Å². The van der Waals surface area contributed by atoms with Crippen LogP contribution in [0, 0.1) is 0 Å². The number of sulfonamides is 1. The van der Waals surface area contributed by atoms with Crippen molar-refractivity contribution in [3.63, 3.8) is 0 Å². The third-order valence-corrected chi connectivity index (χ3v) is 5.95. The van der Waals surface area contributed by atoms with Crippen molar-refractivity contribution >= 4 is 31.7 Å². The number of piperidine rings is 1. The van der Waals surface area contributed by atoms with Gasteiger partial charge in [0.1, 0.15) is 11.4 Å². The van der Waals surface area contributed by atoms with Gasteiger partial charge in [-0.15, -0.1) is 0 Å². The molecule has 1 fully saturated rings. The van der Waals surface area contributed by atoms with E-state index >= 15 is 0 Å². The number of fused-ring (bicyclic) bond motifs is 1. The van der Waals surface area contributed by atoms with Crippen molar-refractivity contribution in [1.29, 1.82) is 0 Å². The van der Waals surface area contributed by atoms with E-state index < -0.39 is 15.6 Å².